The lowest BCUT2D eigenvalue weighted by Gasteiger charge is -2.41. The molecular weight excluding hydrogens is 307 g/mol. The van der Waals surface area contributed by atoms with Crippen molar-refractivity contribution in [1.29, 1.82) is 0 Å². The molecule has 3 rings (SSSR count). The third-order valence-corrected chi connectivity index (χ3v) is 4.19. The van der Waals surface area contributed by atoms with Gasteiger partial charge in [0.15, 0.2) is 0 Å². The van der Waals surface area contributed by atoms with Crippen LogP contribution >= 0.6 is 0 Å². The minimum Gasteiger partial charge on any atom is -0.338 e. The molecule has 1 aromatic heterocycles. The van der Waals surface area contributed by atoms with Gasteiger partial charge in [-0.15, -0.1) is 0 Å². The lowest BCUT2D eigenvalue weighted by Crippen LogP contribution is -2.50. The number of amides is 2. The summed E-state index contributed by atoms with van der Waals surface area (Å²) < 4.78 is 13.0. The van der Waals surface area contributed by atoms with Crippen LogP contribution in [0.25, 0.3) is 0 Å². The van der Waals surface area contributed by atoms with Crippen molar-refractivity contribution in [2.24, 2.45) is 0 Å². The molecule has 2 amide bonds. The largest absolute Gasteiger partial charge is 0.338 e. The van der Waals surface area contributed by atoms with Gasteiger partial charge in [0, 0.05) is 30.9 Å². The van der Waals surface area contributed by atoms with E-state index in [-0.39, 0.29) is 17.9 Å². The molecule has 0 radical (unpaired) electrons. The van der Waals surface area contributed by atoms with Crippen LogP contribution in [0.2, 0.25) is 0 Å². The molecule has 1 aliphatic rings. The van der Waals surface area contributed by atoms with Crippen LogP contribution in [0.15, 0.2) is 30.3 Å². The molecule has 0 aliphatic carbocycles. The van der Waals surface area contributed by atoms with Gasteiger partial charge < -0.3 is 10.2 Å². The van der Waals surface area contributed by atoms with E-state index in [2.05, 4.69) is 15.3 Å². The number of carbonyl (C=O) groups is 1. The van der Waals surface area contributed by atoms with E-state index in [1.165, 1.54) is 12.1 Å². The van der Waals surface area contributed by atoms with Crippen molar-refractivity contribution in [2.75, 3.05) is 13.1 Å². The first-order chi connectivity index (χ1) is 11.5. The van der Waals surface area contributed by atoms with Crippen LogP contribution in [0.4, 0.5) is 9.18 Å². The zero-order chi connectivity index (χ0) is 17.1. The first-order valence-corrected chi connectivity index (χ1v) is 8.14. The molecule has 1 fully saturated rings. The van der Waals surface area contributed by atoms with Gasteiger partial charge in [-0.3, -0.25) is 0 Å². The highest BCUT2D eigenvalue weighted by Crippen LogP contribution is 2.32. The summed E-state index contributed by atoms with van der Waals surface area (Å²) in [6.07, 6.45) is 1.50. The van der Waals surface area contributed by atoms with Gasteiger partial charge in [0.25, 0.3) is 0 Å². The van der Waals surface area contributed by atoms with Crippen LogP contribution in [0.3, 0.4) is 0 Å². The predicted molar refractivity (Wildman–Crippen MR) is 89.1 cm³/mol. The van der Waals surface area contributed by atoms with E-state index in [1.807, 2.05) is 19.9 Å². The number of rotatable bonds is 4. The number of hydrogen-bond donors (Lipinski definition) is 1. The van der Waals surface area contributed by atoms with Crippen molar-refractivity contribution < 1.29 is 9.18 Å². The number of nitrogens with one attached hydrogen (secondary N) is 1. The van der Waals surface area contributed by atoms with Crippen molar-refractivity contribution in [3.05, 3.63) is 58.9 Å². The summed E-state index contributed by atoms with van der Waals surface area (Å²) in [5, 5.41) is 2.92. The average molecular weight is 328 g/mol. The van der Waals surface area contributed by atoms with E-state index >= 15 is 0 Å². The molecule has 6 heteroatoms. The van der Waals surface area contributed by atoms with Gasteiger partial charge >= 0.3 is 6.03 Å². The third kappa shape index (κ3) is 3.69. The summed E-state index contributed by atoms with van der Waals surface area (Å²) in [6, 6.07) is 8.20. The number of aromatic nitrogens is 2. The minimum atomic E-state index is -0.262. The monoisotopic (exact) mass is 328 g/mol. The smallest absolute Gasteiger partial charge is 0.317 e. The number of benzene rings is 1. The molecule has 1 saturated heterocycles. The van der Waals surface area contributed by atoms with Crippen LogP contribution in [-0.4, -0.2) is 34.0 Å². The SMILES string of the molecule is Cc1cc(C)nc(CCNC(=O)N2CC[C@H]2c2ccc(F)cc2)n1. The van der Waals surface area contributed by atoms with Crippen molar-refractivity contribution in [2.45, 2.75) is 32.7 Å². The minimum absolute atomic E-state index is 0.0306. The topological polar surface area (TPSA) is 58.1 Å². The Morgan fingerprint density at radius 3 is 2.50 bits per heavy atom. The maximum atomic E-state index is 13.0. The Kier molecular flexibility index (Phi) is 4.74. The van der Waals surface area contributed by atoms with Gasteiger partial charge in [-0.2, -0.15) is 0 Å². The van der Waals surface area contributed by atoms with E-state index in [1.54, 1.807) is 17.0 Å². The highest BCUT2D eigenvalue weighted by atomic mass is 19.1. The highest BCUT2D eigenvalue weighted by molar-refractivity contribution is 5.75. The van der Waals surface area contributed by atoms with E-state index in [0.29, 0.717) is 19.5 Å². The van der Waals surface area contributed by atoms with E-state index < -0.39 is 0 Å². The molecule has 1 aromatic carbocycles. The maximum Gasteiger partial charge on any atom is 0.317 e. The van der Waals surface area contributed by atoms with Crippen LogP contribution in [0, 0.1) is 19.7 Å². The van der Waals surface area contributed by atoms with Crippen LogP contribution < -0.4 is 5.32 Å². The number of aryl methyl sites for hydroxylation is 2. The fourth-order valence-corrected chi connectivity index (χ4v) is 2.96. The van der Waals surface area contributed by atoms with Crippen molar-refractivity contribution >= 4 is 6.03 Å². The van der Waals surface area contributed by atoms with Crippen molar-refractivity contribution in [3.8, 4) is 0 Å². The first kappa shape index (κ1) is 16.4. The molecule has 0 saturated carbocycles. The molecular formula is C18H21FN4O. The zero-order valence-corrected chi connectivity index (χ0v) is 13.9. The number of halogens is 1. The Morgan fingerprint density at radius 1 is 1.25 bits per heavy atom. The second-order valence-electron chi connectivity index (χ2n) is 6.10. The second kappa shape index (κ2) is 6.95. The Bertz CT molecular complexity index is 712. The van der Waals surface area contributed by atoms with Gasteiger partial charge in [0.2, 0.25) is 0 Å². The number of hydrogen-bond acceptors (Lipinski definition) is 3. The molecule has 2 heterocycles. The second-order valence-corrected chi connectivity index (χ2v) is 6.10. The number of carbonyl (C=O) groups excluding carboxylic acids is 1. The predicted octanol–water partition coefficient (Wildman–Crippen LogP) is 2.93. The fraction of sp³-hybridized carbons (Fsp3) is 0.389. The molecule has 1 N–H and O–H groups in total. The van der Waals surface area contributed by atoms with Gasteiger partial charge in [0.05, 0.1) is 6.04 Å². The maximum absolute atomic E-state index is 13.0. The van der Waals surface area contributed by atoms with Gasteiger partial charge in [-0.05, 0) is 44.0 Å². The molecule has 2 aromatic rings. The van der Waals surface area contributed by atoms with Crippen LogP contribution in [0.5, 0.6) is 0 Å². The van der Waals surface area contributed by atoms with Gasteiger partial charge in [-0.25, -0.2) is 19.2 Å². The third-order valence-electron chi connectivity index (χ3n) is 4.19. The number of nitrogens with zero attached hydrogens (tertiary/aromatic N) is 3. The Labute approximate surface area is 140 Å². The number of likely N-dealkylation sites (tertiary alicyclic amines) is 1. The summed E-state index contributed by atoms with van der Waals surface area (Å²) in [5.41, 5.74) is 2.83. The fourth-order valence-electron chi connectivity index (χ4n) is 2.96. The molecule has 24 heavy (non-hydrogen) atoms. The molecule has 0 unspecified atom stereocenters. The normalized spacial score (nSPS) is 16.6. The first-order valence-electron chi connectivity index (χ1n) is 8.14. The number of urea groups is 1. The lowest BCUT2D eigenvalue weighted by molar-refractivity contribution is 0.115. The Morgan fingerprint density at radius 2 is 1.92 bits per heavy atom. The van der Waals surface area contributed by atoms with Crippen molar-refractivity contribution in [3.63, 3.8) is 0 Å². The molecule has 126 valence electrons. The van der Waals surface area contributed by atoms with E-state index in [9.17, 15) is 9.18 Å². The van der Waals surface area contributed by atoms with Gasteiger partial charge in [-0.1, -0.05) is 12.1 Å². The summed E-state index contributed by atoms with van der Waals surface area (Å²) >= 11 is 0. The Balaban J connectivity index is 1.52. The van der Waals surface area contributed by atoms with Crippen LogP contribution in [-0.2, 0) is 6.42 Å². The summed E-state index contributed by atoms with van der Waals surface area (Å²) in [4.78, 5) is 22.8. The van der Waals surface area contributed by atoms with E-state index in [0.717, 1.165) is 29.2 Å². The summed E-state index contributed by atoms with van der Waals surface area (Å²) in [6.45, 7) is 5.08. The standard InChI is InChI=1S/C18H21FN4O/c1-12-11-13(2)22-17(21-12)7-9-20-18(24)23-10-8-16(23)14-3-5-15(19)6-4-14/h3-6,11,16H,7-10H2,1-2H3,(H,20,24)/t16-/m0/s1. The molecule has 5 nitrogen and oxygen atoms in total. The highest BCUT2D eigenvalue weighted by Gasteiger charge is 2.33. The average Bonchev–Trinajstić information content (AvgIpc) is 2.47. The van der Waals surface area contributed by atoms with Crippen LogP contribution in [0.1, 0.15) is 35.2 Å². The summed E-state index contributed by atoms with van der Waals surface area (Å²) in [5.74, 6) is 0.481. The lowest BCUT2D eigenvalue weighted by atomic mass is 9.95. The summed E-state index contributed by atoms with van der Waals surface area (Å²) in [7, 11) is 0. The quantitative estimate of drug-likeness (QED) is 0.939. The molecule has 0 spiro atoms. The zero-order valence-electron chi connectivity index (χ0n) is 13.9. The molecule has 0 bridgehead atoms. The van der Waals surface area contributed by atoms with E-state index in [4.69, 9.17) is 0 Å². The molecule has 1 atom stereocenters. The Hall–Kier alpha value is -2.50. The van der Waals surface area contributed by atoms with Crippen molar-refractivity contribution in [1.82, 2.24) is 20.2 Å². The molecule has 1 aliphatic heterocycles. The van der Waals surface area contributed by atoms with Gasteiger partial charge in [0.1, 0.15) is 11.6 Å².